The second-order valence-electron chi connectivity index (χ2n) is 7.20. The van der Waals surface area contributed by atoms with Gasteiger partial charge in [0.1, 0.15) is 23.7 Å². The van der Waals surface area contributed by atoms with Crippen LogP contribution in [-0.2, 0) is 0 Å². The first kappa shape index (κ1) is 17.9. The summed E-state index contributed by atoms with van der Waals surface area (Å²) in [5, 5.41) is 0. The second-order valence-corrected chi connectivity index (χ2v) is 7.20. The van der Waals surface area contributed by atoms with Crippen LogP contribution in [0.3, 0.4) is 0 Å². The molecule has 2 aliphatic heterocycles. The molecule has 0 saturated carbocycles. The van der Waals surface area contributed by atoms with Crippen LogP contribution in [0.4, 0.5) is 17.3 Å². The van der Waals surface area contributed by atoms with E-state index in [1.165, 1.54) is 5.69 Å². The van der Waals surface area contributed by atoms with Crippen molar-refractivity contribution in [3.05, 3.63) is 36.7 Å². The maximum atomic E-state index is 5.25. The third-order valence-corrected chi connectivity index (χ3v) is 5.51. The Kier molecular flexibility index (Phi) is 5.29. The highest BCUT2D eigenvalue weighted by atomic mass is 16.5. The van der Waals surface area contributed by atoms with E-state index in [4.69, 9.17) is 4.74 Å². The molecule has 1 aromatic carbocycles. The number of nitrogens with zero attached hydrogens (tertiary/aromatic N) is 6. The summed E-state index contributed by atoms with van der Waals surface area (Å²) in [7, 11) is 3.87. The van der Waals surface area contributed by atoms with Crippen molar-refractivity contribution in [1.29, 1.82) is 0 Å². The van der Waals surface area contributed by atoms with Gasteiger partial charge in [0.15, 0.2) is 0 Å². The summed E-state index contributed by atoms with van der Waals surface area (Å²) in [4.78, 5) is 18.5. The van der Waals surface area contributed by atoms with Gasteiger partial charge >= 0.3 is 0 Å². The van der Waals surface area contributed by atoms with Gasteiger partial charge in [-0.25, -0.2) is 9.97 Å². The number of anilines is 3. The molecular weight excluding hydrogens is 340 g/mol. The van der Waals surface area contributed by atoms with Crippen LogP contribution < -0.4 is 19.4 Å². The predicted molar refractivity (Wildman–Crippen MR) is 109 cm³/mol. The van der Waals surface area contributed by atoms with Gasteiger partial charge in [-0.15, -0.1) is 0 Å². The monoisotopic (exact) mass is 368 g/mol. The van der Waals surface area contributed by atoms with Crippen LogP contribution in [-0.4, -0.2) is 81.4 Å². The van der Waals surface area contributed by atoms with Gasteiger partial charge in [0, 0.05) is 64.1 Å². The van der Waals surface area contributed by atoms with Crippen LogP contribution in [0.25, 0.3) is 0 Å². The maximum Gasteiger partial charge on any atom is 0.134 e. The molecule has 27 heavy (non-hydrogen) atoms. The largest absolute Gasteiger partial charge is 0.497 e. The first-order valence-electron chi connectivity index (χ1n) is 9.62. The Bertz CT molecular complexity index is 736. The Labute approximate surface area is 161 Å². The highest BCUT2D eigenvalue weighted by Gasteiger charge is 2.21. The third kappa shape index (κ3) is 4.08. The number of piperazine rings is 2. The van der Waals surface area contributed by atoms with Gasteiger partial charge in [-0.2, -0.15) is 0 Å². The van der Waals surface area contributed by atoms with E-state index in [1.807, 2.05) is 12.1 Å². The fourth-order valence-electron chi connectivity index (χ4n) is 3.71. The summed E-state index contributed by atoms with van der Waals surface area (Å²) in [5.41, 5.74) is 1.25. The zero-order valence-corrected chi connectivity index (χ0v) is 16.2. The number of aromatic nitrogens is 2. The van der Waals surface area contributed by atoms with Crippen molar-refractivity contribution in [1.82, 2.24) is 14.9 Å². The average molecular weight is 368 g/mol. The van der Waals surface area contributed by atoms with E-state index in [-0.39, 0.29) is 0 Å². The molecule has 2 aromatic rings. The normalized spacial score (nSPS) is 18.7. The van der Waals surface area contributed by atoms with Crippen molar-refractivity contribution >= 4 is 17.3 Å². The molecule has 7 heteroatoms. The van der Waals surface area contributed by atoms with Crippen LogP contribution in [0.2, 0.25) is 0 Å². The molecule has 144 valence electrons. The first-order valence-corrected chi connectivity index (χ1v) is 9.62. The number of likely N-dealkylation sites (N-methyl/N-ethyl adjacent to an activating group) is 1. The van der Waals surface area contributed by atoms with Gasteiger partial charge in [0.05, 0.1) is 7.11 Å². The average Bonchev–Trinajstić information content (AvgIpc) is 2.75. The lowest BCUT2D eigenvalue weighted by Crippen LogP contribution is -2.47. The standard InChI is InChI=1S/C20H28N6O/c1-23-7-9-25(10-8-23)19-15-20(22-16-21-19)26-13-11-24(12-14-26)17-3-5-18(27-2)6-4-17/h3-6,15-16H,7-14H2,1-2H3. The fourth-order valence-corrected chi connectivity index (χ4v) is 3.71. The number of hydrogen-bond donors (Lipinski definition) is 0. The van der Waals surface area contributed by atoms with Gasteiger partial charge in [-0.1, -0.05) is 0 Å². The van der Waals surface area contributed by atoms with E-state index >= 15 is 0 Å². The van der Waals surface area contributed by atoms with Crippen LogP contribution in [0.5, 0.6) is 5.75 Å². The van der Waals surface area contributed by atoms with E-state index in [0.29, 0.717) is 0 Å². The lowest BCUT2D eigenvalue weighted by Gasteiger charge is -2.37. The number of benzene rings is 1. The molecule has 0 unspecified atom stereocenters. The Morgan fingerprint density at radius 3 is 1.81 bits per heavy atom. The Morgan fingerprint density at radius 1 is 0.741 bits per heavy atom. The molecular formula is C20H28N6O. The van der Waals surface area contributed by atoms with Crippen LogP contribution >= 0.6 is 0 Å². The van der Waals surface area contributed by atoms with Crippen molar-refractivity contribution < 1.29 is 4.74 Å². The molecule has 0 atom stereocenters. The smallest absolute Gasteiger partial charge is 0.134 e. The summed E-state index contributed by atoms with van der Waals surface area (Å²) in [6.45, 7) is 8.12. The quantitative estimate of drug-likeness (QED) is 0.812. The Morgan fingerprint density at radius 2 is 1.26 bits per heavy atom. The lowest BCUT2D eigenvalue weighted by molar-refractivity contribution is 0.312. The highest BCUT2D eigenvalue weighted by molar-refractivity contribution is 5.54. The van der Waals surface area contributed by atoms with E-state index in [1.54, 1.807) is 13.4 Å². The van der Waals surface area contributed by atoms with Crippen LogP contribution in [0.1, 0.15) is 0 Å². The maximum absolute atomic E-state index is 5.25. The molecule has 0 bridgehead atoms. The third-order valence-electron chi connectivity index (χ3n) is 5.51. The zero-order valence-electron chi connectivity index (χ0n) is 16.2. The topological polar surface area (TPSA) is 48.0 Å². The molecule has 2 aliphatic rings. The SMILES string of the molecule is COc1ccc(N2CCN(c3cc(N4CCN(C)CC4)ncn3)CC2)cc1. The zero-order chi connectivity index (χ0) is 18.6. The van der Waals surface area contributed by atoms with Crippen LogP contribution in [0, 0.1) is 0 Å². The van der Waals surface area contributed by atoms with Gasteiger partial charge in [-0.05, 0) is 31.3 Å². The number of methoxy groups -OCH3 is 1. The molecule has 0 aliphatic carbocycles. The summed E-state index contributed by atoms with van der Waals surface area (Å²) >= 11 is 0. The summed E-state index contributed by atoms with van der Waals surface area (Å²) in [6.07, 6.45) is 1.71. The highest BCUT2D eigenvalue weighted by Crippen LogP contribution is 2.23. The van der Waals surface area contributed by atoms with E-state index in [9.17, 15) is 0 Å². The molecule has 0 spiro atoms. The molecule has 2 saturated heterocycles. The molecule has 0 N–H and O–H groups in total. The lowest BCUT2D eigenvalue weighted by atomic mass is 10.2. The van der Waals surface area contributed by atoms with Gasteiger partial charge < -0.3 is 24.3 Å². The van der Waals surface area contributed by atoms with E-state index < -0.39 is 0 Å². The minimum atomic E-state index is 0.898. The summed E-state index contributed by atoms with van der Waals surface area (Å²) in [5.74, 6) is 2.98. The van der Waals surface area contributed by atoms with Crippen LogP contribution in [0.15, 0.2) is 36.7 Å². The van der Waals surface area contributed by atoms with Crippen molar-refractivity contribution in [2.45, 2.75) is 0 Å². The fraction of sp³-hybridized carbons (Fsp3) is 0.500. The molecule has 3 heterocycles. The minimum absolute atomic E-state index is 0.898. The van der Waals surface area contributed by atoms with Crippen molar-refractivity contribution in [3.8, 4) is 5.75 Å². The predicted octanol–water partition coefficient (Wildman–Crippen LogP) is 1.56. The summed E-state index contributed by atoms with van der Waals surface area (Å²) < 4.78 is 5.25. The molecule has 0 radical (unpaired) electrons. The molecule has 2 fully saturated rings. The van der Waals surface area contributed by atoms with Gasteiger partial charge in [0.2, 0.25) is 0 Å². The van der Waals surface area contributed by atoms with E-state index in [2.05, 4.69) is 54.8 Å². The second kappa shape index (κ2) is 8.00. The Hall–Kier alpha value is -2.54. The van der Waals surface area contributed by atoms with Gasteiger partial charge in [0.25, 0.3) is 0 Å². The first-order chi connectivity index (χ1) is 13.2. The molecule has 7 nitrogen and oxygen atoms in total. The number of rotatable bonds is 4. The van der Waals surface area contributed by atoms with Crippen molar-refractivity contribution in [2.24, 2.45) is 0 Å². The Balaban J connectivity index is 1.38. The summed E-state index contributed by atoms with van der Waals surface area (Å²) in [6, 6.07) is 10.5. The minimum Gasteiger partial charge on any atom is -0.497 e. The van der Waals surface area contributed by atoms with E-state index in [0.717, 1.165) is 69.7 Å². The molecule has 1 aromatic heterocycles. The molecule has 4 rings (SSSR count). The van der Waals surface area contributed by atoms with Gasteiger partial charge in [-0.3, -0.25) is 0 Å². The molecule has 0 amide bonds. The number of ether oxygens (including phenoxy) is 1. The van der Waals surface area contributed by atoms with Crippen molar-refractivity contribution in [2.75, 3.05) is 81.2 Å². The van der Waals surface area contributed by atoms with Crippen molar-refractivity contribution in [3.63, 3.8) is 0 Å². The number of hydrogen-bond acceptors (Lipinski definition) is 7.